The Hall–Kier alpha value is -2.30. The lowest BCUT2D eigenvalue weighted by Crippen LogP contribution is -2.54. The van der Waals surface area contributed by atoms with Gasteiger partial charge in [-0.25, -0.2) is 4.79 Å². The Labute approximate surface area is 186 Å². The highest BCUT2D eigenvalue weighted by Gasteiger charge is 2.33. The molecule has 4 N–H and O–H groups in total. The molecule has 1 fully saturated rings. The number of primary amides is 1. The van der Waals surface area contributed by atoms with Crippen LogP contribution in [0.1, 0.15) is 25.8 Å². The maximum atomic E-state index is 13.0. The number of nitrogens with zero attached hydrogens (tertiary/aromatic N) is 1. The number of rotatable bonds is 11. The van der Waals surface area contributed by atoms with E-state index in [1.807, 2.05) is 44.2 Å². The minimum atomic E-state index is -1.58. The third kappa shape index (κ3) is 8.76. The molecule has 1 aliphatic rings. The number of aliphatic hydroxyl groups is 1. The van der Waals surface area contributed by atoms with E-state index in [4.69, 9.17) is 15.2 Å². The molecule has 31 heavy (non-hydrogen) atoms. The first-order valence-corrected chi connectivity index (χ1v) is 11.3. The standard InChI is InChI=1S/C21H31N3O6S/c1-14(2)31-13-24(11-18(22)25)20(27)19(26)17(10-15-6-4-3-5-7-15)23-21(28)30-16-8-9-29-12-16/h3-7,14,16-17,19,26H,8-13H2,1-2H3,(H2,22,25)(H,23,28)/t16-,17-,19-/m0/s1. The second-order valence-electron chi connectivity index (χ2n) is 7.62. The molecule has 1 saturated heterocycles. The molecule has 0 saturated carbocycles. The minimum absolute atomic E-state index is 0.193. The lowest BCUT2D eigenvalue weighted by atomic mass is 10.0. The molecule has 172 valence electrons. The van der Waals surface area contributed by atoms with Crippen LogP contribution in [0.25, 0.3) is 0 Å². The lowest BCUT2D eigenvalue weighted by Gasteiger charge is -2.29. The Kier molecular flexibility index (Phi) is 10.1. The van der Waals surface area contributed by atoms with Gasteiger partial charge in [-0.2, -0.15) is 0 Å². The van der Waals surface area contributed by atoms with E-state index in [-0.39, 0.29) is 30.2 Å². The molecular formula is C21H31N3O6S. The first-order valence-electron chi connectivity index (χ1n) is 10.2. The molecule has 9 nitrogen and oxygen atoms in total. The SMILES string of the molecule is CC(C)SCN(CC(N)=O)C(=O)[C@@H](O)[C@H](Cc1ccccc1)NC(=O)O[C@H]1CCOC1. The van der Waals surface area contributed by atoms with Crippen LogP contribution in [0.3, 0.4) is 0 Å². The van der Waals surface area contributed by atoms with E-state index < -0.39 is 30.1 Å². The van der Waals surface area contributed by atoms with Crippen LogP contribution >= 0.6 is 11.8 Å². The summed E-state index contributed by atoms with van der Waals surface area (Å²) in [5, 5.41) is 13.7. The van der Waals surface area contributed by atoms with E-state index in [1.54, 1.807) is 0 Å². The van der Waals surface area contributed by atoms with Crippen molar-refractivity contribution in [2.24, 2.45) is 5.73 Å². The minimum Gasteiger partial charge on any atom is -0.444 e. The average molecular weight is 454 g/mol. The first kappa shape index (κ1) is 25.0. The van der Waals surface area contributed by atoms with Crippen LogP contribution in [0.4, 0.5) is 4.79 Å². The number of carbonyl (C=O) groups excluding carboxylic acids is 3. The topological polar surface area (TPSA) is 131 Å². The number of ether oxygens (including phenoxy) is 2. The maximum Gasteiger partial charge on any atom is 0.407 e. The molecule has 0 bridgehead atoms. The molecule has 10 heteroatoms. The fraction of sp³-hybridized carbons (Fsp3) is 0.571. The van der Waals surface area contributed by atoms with Crippen molar-refractivity contribution >= 4 is 29.7 Å². The monoisotopic (exact) mass is 453 g/mol. The average Bonchev–Trinajstić information content (AvgIpc) is 3.22. The molecule has 1 heterocycles. The highest BCUT2D eigenvalue weighted by molar-refractivity contribution is 7.99. The molecular weight excluding hydrogens is 422 g/mol. The van der Waals surface area contributed by atoms with Crippen LogP contribution in [0.5, 0.6) is 0 Å². The molecule has 0 aromatic heterocycles. The van der Waals surface area contributed by atoms with E-state index >= 15 is 0 Å². The maximum absolute atomic E-state index is 13.0. The number of hydrogen-bond acceptors (Lipinski definition) is 7. The summed E-state index contributed by atoms with van der Waals surface area (Å²) in [5.41, 5.74) is 6.11. The van der Waals surface area contributed by atoms with Crippen molar-refractivity contribution in [2.75, 3.05) is 25.6 Å². The number of thioether (sulfide) groups is 1. The summed E-state index contributed by atoms with van der Waals surface area (Å²) < 4.78 is 10.5. The molecule has 0 aliphatic carbocycles. The third-order valence-corrected chi connectivity index (χ3v) is 5.75. The highest BCUT2D eigenvalue weighted by atomic mass is 32.2. The summed E-state index contributed by atoms with van der Waals surface area (Å²) in [4.78, 5) is 38.0. The summed E-state index contributed by atoms with van der Waals surface area (Å²) in [5.74, 6) is -1.17. The van der Waals surface area contributed by atoms with Gasteiger partial charge in [-0.15, -0.1) is 11.8 Å². The highest BCUT2D eigenvalue weighted by Crippen LogP contribution is 2.15. The summed E-state index contributed by atoms with van der Waals surface area (Å²) in [6.45, 7) is 4.42. The van der Waals surface area contributed by atoms with Crippen molar-refractivity contribution in [3.8, 4) is 0 Å². The smallest absolute Gasteiger partial charge is 0.407 e. The number of nitrogens with two attached hydrogens (primary N) is 1. The van der Waals surface area contributed by atoms with E-state index in [0.29, 0.717) is 19.6 Å². The molecule has 1 aromatic rings. The number of amides is 3. The van der Waals surface area contributed by atoms with Crippen LogP contribution in [-0.2, 0) is 25.5 Å². The van der Waals surface area contributed by atoms with Gasteiger partial charge in [0.05, 0.1) is 25.1 Å². The van der Waals surface area contributed by atoms with Gasteiger partial charge in [-0.3, -0.25) is 9.59 Å². The number of alkyl carbamates (subject to hydrolysis) is 1. The van der Waals surface area contributed by atoms with Gasteiger partial charge in [-0.1, -0.05) is 44.2 Å². The van der Waals surface area contributed by atoms with Crippen molar-refractivity contribution in [2.45, 2.75) is 50.2 Å². The number of aliphatic hydroxyl groups excluding tert-OH is 1. The van der Waals surface area contributed by atoms with Crippen LogP contribution in [0.2, 0.25) is 0 Å². The van der Waals surface area contributed by atoms with Crippen molar-refractivity contribution in [1.82, 2.24) is 10.2 Å². The fourth-order valence-electron chi connectivity index (χ4n) is 3.03. The zero-order valence-electron chi connectivity index (χ0n) is 17.9. The Morgan fingerprint density at radius 1 is 1.32 bits per heavy atom. The fourth-order valence-corrected chi connectivity index (χ4v) is 3.72. The van der Waals surface area contributed by atoms with Crippen molar-refractivity contribution in [3.63, 3.8) is 0 Å². The first-order chi connectivity index (χ1) is 14.8. The molecule has 0 radical (unpaired) electrons. The van der Waals surface area contributed by atoms with Crippen molar-refractivity contribution in [1.29, 1.82) is 0 Å². The van der Waals surface area contributed by atoms with Gasteiger partial charge in [0.15, 0.2) is 6.10 Å². The molecule has 1 aromatic carbocycles. The second kappa shape index (κ2) is 12.5. The number of benzene rings is 1. The van der Waals surface area contributed by atoms with Gasteiger partial charge in [0.25, 0.3) is 5.91 Å². The zero-order valence-corrected chi connectivity index (χ0v) is 18.7. The van der Waals surface area contributed by atoms with Gasteiger partial charge in [0.2, 0.25) is 5.91 Å². The van der Waals surface area contributed by atoms with E-state index in [1.165, 1.54) is 16.7 Å². The zero-order chi connectivity index (χ0) is 22.8. The van der Waals surface area contributed by atoms with Gasteiger partial charge in [0.1, 0.15) is 12.6 Å². The summed E-state index contributed by atoms with van der Waals surface area (Å²) in [7, 11) is 0. The Morgan fingerprint density at radius 3 is 2.61 bits per heavy atom. The van der Waals surface area contributed by atoms with Crippen molar-refractivity contribution < 1.29 is 29.0 Å². The number of hydrogen-bond donors (Lipinski definition) is 3. The van der Waals surface area contributed by atoms with Crippen LogP contribution in [0, 0.1) is 0 Å². The summed E-state index contributed by atoms with van der Waals surface area (Å²) in [6.07, 6.45) is -1.89. The summed E-state index contributed by atoms with van der Waals surface area (Å²) in [6, 6.07) is 8.21. The van der Waals surface area contributed by atoms with Crippen LogP contribution in [0.15, 0.2) is 30.3 Å². The van der Waals surface area contributed by atoms with Crippen LogP contribution < -0.4 is 11.1 Å². The molecule has 3 amide bonds. The number of carbonyl (C=O) groups is 3. The summed E-state index contributed by atoms with van der Waals surface area (Å²) >= 11 is 1.44. The van der Waals surface area contributed by atoms with Gasteiger partial charge < -0.3 is 30.5 Å². The lowest BCUT2D eigenvalue weighted by molar-refractivity contribution is -0.143. The molecule has 1 aliphatic heterocycles. The van der Waals surface area contributed by atoms with E-state index in [2.05, 4.69) is 5.32 Å². The quantitative estimate of drug-likeness (QED) is 0.424. The normalized spacial score (nSPS) is 17.7. The van der Waals surface area contributed by atoms with Gasteiger partial charge in [-0.05, 0) is 12.0 Å². The predicted octanol–water partition coefficient (Wildman–Crippen LogP) is 0.887. The third-order valence-electron chi connectivity index (χ3n) is 4.62. The largest absolute Gasteiger partial charge is 0.444 e. The Morgan fingerprint density at radius 2 is 2.03 bits per heavy atom. The van der Waals surface area contributed by atoms with E-state index in [9.17, 15) is 19.5 Å². The molecule has 3 atom stereocenters. The van der Waals surface area contributed by atoms with E-state index in [0.717, 1.165) is 5.56 Å². The van der Waals surface area contributed by atoms with Crippen LogP contribution in [-0.4, -0.2) is 77.0 Å². The van der Waals surface area contributed by atoms with Gasteiger partial charge in [0, 0.05) is 11.7 Å². The second-order valence-corrected chi connectivity index (χ2v) is 9.16. The Balaban J connectivity index is 2.13. The predicted molar refractivity (Wildman–Crippen MR) is 117 cm³/mol. The van der Waals surface area contributed by atoms with Gasteiger partial charge >= 0.3 is 6.09 Å². The number of nitrogens with one attached hydrogen (secondary N) is 1. The molecule has 2 rings (SSSR count). The molecule has 0 unspecified atom stereocenters. The Bertz CT molecular complexity index is 727. The van der Waals surface area contributed by atoms with Crippen molar-refractivity contribution in [3.05, 3.63) is 35.9 Å². The molecule has 0 spiro atoms.